The second-order valence-corrected chi connectivity index (χ2v) is 17.2. The van der Waals surface area contributed by atoms with Crippen molar-refractivity contribution in [3.05, 3.63) is 92.8 Å². The maximum absolute atomic E-state index is 9.93. The molecule has 0 aliphatic carbocycles. The van der Waals surface area contributed by atoms with Crippen LogP contribution in [-0.4, -0.2) is 10.4 Å². The molecule has 1 heterocycles. The van der Waals surface area contributed by atoms with Gasteiger partial charge in [-0.1, -0.05) is 188 Å². The predicted molar refractivity (Wildman–Crippen MR) is 245 cm³/mol. The third kappa shape index (κ3) is 17.2. The van der Waals surface area contributed by atoms with Gasteiger partial charge in [0.05, 0.1) is 5.57 Å². The number of rotatable bonds is 32. The summed E-state index contributed by atoms with van der Waals surface area (Å²) in [4.78, 5) is 0. The van der Waals surface area contributed by atoms with Gasteiger partial charge in [-0.25, -0.2) is 4.68 Å². The average molecular weight is 751 g/mol. The van der Waals surface area contributed by atoms with Crippen LogP contribution in [0, 0.1) is 0 Å². The second-order valence-electron chi connectivity index (χ2n) is 17.2. The minimum Gasteiger partial charge on any atom is -0.448 e. The standard InChI is InChI=1S/C53H86N2/c1-7-12-17-21-25-29-33-45-38-46(34-30-26-22-18-13-8-2)41-49(40-45)52-44(6)51(37-16-11-5)53(55(52)54)50-42-47(35-31-27-23-19-14-9-3)39-48(43-50)36-32-28-24-20-15-10-4/h37-43,54H,7-36H2,1-6H3. The first-order valence-electron chi connectivity index (χ1n) is 24.0. The monoisotopic (exact) mass is 751 g/mol. The Kier molecular flexibility index (Phi) is 24.4. The lowest BCUT2D eigenvalue weighted by Gasteiger charge is -2.14. The maximum Gasteiger partial charge on any atom is 0.215 e. The van der Waals surface area contributed by atoms with Crippen molar-refractivity contribution in [3.63, 3.8) is 0 Å². The van der Waals surface area contributed by atoms with Crippen molar-refractivity contribution in [2.45, 2.75) is 234 Å². The molecule has 0 saturated carbocycles. The summed E-state index contributed by atoms with van der Waals surface area (Å²) in [6.45, 7) is 13.8. The Labute approximate surface area is 341 Å². The van der Waals surface area contributed by atoms with E-state index < -0.39 is 0 Å². The van der Waals surface area contributed by atoms with Crippen LogP contribution < -0.4 is 0 Å². The molecule has 2 aromatic rings. The summed E-state index contributed by atoms with van der Waals surface area (Å²) in [7, 11) is 0. The van der Waals surface area contributed by atoms with E-state index in [-0.39, 0.29) is 0 Å². The molecule has 2 heteroatoms. The summed E-state index contributed by atoms with van der Waals surface area (Å²) in [6, 6.07) is 14.9. The molecule has 0 atom stereocenters. The van der Waals surface area contributed by atoms with E-state index >= 15 is 0 Å². The highest BCUT2D eigenvalue weighted by Gasteiger charge is 2.33. The lowest BCUT2D eigenvalue weighted by atomic mass is 9.91. The Balaban J connectivity index is 2.00. The average Bonchev–Trinajstić information content (AvgIpc) is 3.44. The number of nitrogens with zero attached hydrogens (tertiary/aromatic N) is 1. The Morgan fingerprint density at radius 2 is 0.745 bits per heavy atom. The molecule has 1 aliphatic rings. The van der Waals surface area contributed by atoms with E-state index in [0.29, 0.717) is 0 Å². The summed E-state index contributed by atoms with van der Waals surface area (Å²) >= 11 is 0. The summed E-state index contributed by atoms with van der Waals surface area (Å²) in [5.41, 5.74) is 13.2. The van der Waals surface area contributed by atoms with E-state index in [0.717, 1.165) is 49.9 Å². The molecule has 0 aromatic heterocycles. The molecule has 1 aliphatic heterocycles. The lowest BCUT2D eigenvalue weighted by Crippen LogP contribution is -2.13. The summed E-state index contributed by atoms with van der Waals surface area (Å²) in [6.07, 6.45) is 41.1. The highest BCUT2D eigenvalue weighted by Crippen LogP contribution is 2.37. The van der Waals surface area contributed by atoms with Gasteiger partial charge in [-0.15, -0.1) is 0 Å². The van der Waals surface area contributed by atoms with Gasteiger partial charge < -0.3 is 5.84 Å². The van der Waals surface area contributed by atoms with Crippen LogP contribution in [0.25, 0.3) is 11.5 Å². The quantitative estimate of drug-likeness (QED) is 0.0526. The van der Waals surface area contributed by atoms with Crippen LogP contribution in [0.1, 0.15) is 242 Å². The SMILES string of the molecule is CCCC=C1C(C)=C(c2cc(CCCCCCCC)cc(CCCCCCCC)c2)[N+]([NH-])=C1c1cc(CCCCCCCC)cc(CCCCCCCC)c1. The van der Waals surface area contributed by atoms with Crippen LogP contribution in [0.3, 0.4) is 0 Å². The molecule has 308 valence electrons. The molecule has 0 radical (unpaired) electrons. The molecular weight excluding hydrogens is 665 g/mol. The van der Waals surface area contributed by atoms with Gasteiger partial charge in [0.2, 0.25) is 11.4 Å². The van der Waals surface area contributed by atoms with Crippen LogP contribution in [-0.2, 0) is 25.7 Å². The van der Waals surface area contributed by atoms with Crippen LogP contribution >= 0.6 is 0 Å². The molecule has 0 fully saturated rings. The topological polar surface area (TPSA) is 26.8 Å². The number of hydrogen-bond acceptors (Lipinski definition) is 0. The lowest BCUT2D eigenvalue weighted by molar-refractivity contribution is -0.347. The molecule has 55 heavy (non-hydrogen) atoms. The largest absolute Gasteiger partial charge is 0.448 e. The Bertz CT molecular complexity index is 1370. The normalized spacial score (nSPS) is 14.0. The zero-order valence-corrected chi connectivity index (χ0v) is 37.2. The van der Waals surface area contributed by atoms with E-state index in [9.17, 15) is 5.84 Å². The van der Waals surface area contributed by atoms with Crippen LogP contribution in [0.4, 0.5) is 0 Å². The van der Waals surface area contributed by atoms with Crippen LogP contribution in [0.2, 0.25) is 0 Å². The van der Waals surface area contributed by atoms with E-state index in [2.05, 4.69) is 84.0 Å². The zero-order chi connectivity index (χ0) is 39.5. The zero-order valence-electron chi connectivity index (χ0n) is 37.2. The minimum atomic E-state index is 1.04. The van der Waals surface area contributed by atoms with E-state index in [1.807, 2.05) is 4.68 Å². The smallest absolute Gasteiger partial charge is 0.215 e. The molecule has 0 bridgehead atoms. The molecule has 3 rings (SSSR count). The molecule has 0 saturated heterocycles. The highest BCUT2D eigenvalue weighted by atomic mass is 15.3. The van der Waals surface area contributed by atoms with Crippen molar-refractivity contribution in [1.82, 2.24) is 0 Å². The predicted octanol–water partition coefficient (Wildman–Crippen LogP) is 17.2. The highest BCUT2D eigenvalue weighted by molar-refractivity contribution is 6.16. The van der Waals surface area contributed by atoms with Crippen LogP contribution in [0.15, 0.2) is 53.6 Å². The van der Waals surface area contributed by atoms with Crippen LogP contribution in [0.5, 0.6) is 0 Å². The number of unbranched alkanes of at least 4 members (excludes halogenated alkanes) is 21. The Hall–Kier alpha value is -2.61. The Morgan fingerprint density at radius 1 is 0.418 bits per heavy atom. The number of benzene rings is 2. The molecule has 0 amide bonds. The van der Waals surface area contributed by atoms with E-state index in [4.69, 9.17) is 0 Å². The van der Waals surface area contributed by atoms with Gasteiger partial charge in [0.25, 0.3) is 0 Å². The number of allylic oxidation sites excluding steroid dienone is 3. The number of aryl methyl sites for hydroxylation is 4. The van der Waals surface area contributed by atoms with Gasteiger partial charge in [0.1, 0.15) is 0 Å². The van der Waals surface area contributed by atoms with Gasteiger partial charge in [0.15, 0.2) is 0 Å². The molecule has 0 spiro atoms. The maximum atomic E-state index is 9.93. The van der Waals surface area contributed by atoms with Gasteiger partial charge in [-0.2, -0.15) is 0 Å². The molecule has 1 N–H and O–H groups in total. The van der Waals surface area contributed by atoms with E-state index in [1.54, 1.807) is 0 Å². The fourth-order valence-electron chi connectivity index (χ4n) is 8.69. The van der Waals surface area contributed by atoms with Crippen molar-refractivity contribution in [3.8, 4) is 0 Å². The van der Waals surface area contributed by atoms with Crippen molar-refractivity contribution in [2.75, 3.05) is 0 Å². The van der Waals surface area contributed by atoms with E-state index in [1.165, 1.54) is 199 Å². The third-order valence-corrected chi connectivity index (χ3v) is 12.0. The molecule has 2 nitrogen and oxygen atoms in total. The second kappa shape index (κ2) is 28.7. The Morgan fingerprint density at radius 3 is 1.09 bits per heavy atom. The van der Waals surface area contributed by atoms with Crippen molar-refractivity contribution < 1.29 is 4.68 Å². The summed E-state index contributed by atoms with van der Waals surface area (Å²) in [5.74, 6) is 9.93. The molecule has 0 unspecified atom stereocenters. The fourth-order valence-corrected chi connectivity index (χ4v) is 8.69. The van der Waals surface area contributed by atoms with Gasteiger partial charge in [-0.05, 0) is 111 Å². The van der Waals surface area contributed by atoms with Gasteiger partial charge in [0, 0.05) is 16.7 Å². The number of hydrogen-bond donors (Lipinski definition) is 0. The van der Waals surface area contributed by atoms with Crippen molar-refractivity contribution in [2.24, 2.45) is 0 Å². The first kappa shape index (κ1) is 46.8. The summed E-state index contributed by atoms with van der Waals surface area (Å²) < 4.78 is 1.85. The molecule has 2 aromatic carbocycles. The first-order chi connectivity index (χ1) is 27.0. The first-order valence-corrected chi connectivity index (χ1v) is 24.0. The van der Waals surface area contributed by atoms with Crippen molar-refractivity contribution in [1.29, 1.82) is 0 Å². The van der Waals surface area contributed by atoms with Gasteiger partial charge >= 0.3 is 0 Å². The van der Waals surface area contributed by atoms with Gasteiger partial charge in [-0.3, -0.25) is 0 Å². The fraction of sp³-hybridized carbons (Fsp3) is 0.679. The summed E-state index contributed by atoms with van der Waals surface area (Å²) in [5, 5.41) is 0. The number of nitrogens with one attached hydrogen (secondary N) is 1. The minimum absolute atomic E-state index is 1.04. The molecular formula is C53H86N2. The van der Waals surface area contributed by atoms with Crippen molar-refractivity contribution >= 4 is 11.4 Å². The third-order valence-electron chi connectivity index (χ3n) is 12.0.